The number of hydrogen-bond acceptors (Lipinski definition) is 4. The molecule has 0 saturated heterocycles. The maximum atomic E-state index is 13.4. The van der Waals surface area contributed by atoms with Crippen LogP contribution < -0.4 is 5.32 Å². The fourth-order valence-corrected chi connectivity index (χ4v) is 5.30. The third-order valence-corrected chi connectivity index (χ3v) is 7.36. The predicted octanol–water partition coefficient (Wildman–Crippen LogP) is 8.05. The summed E-state index contributed by atoms with van der Waals surface area (Å²) in [5.74, 6) is 0.500. The maximum absolute atomic E-state index is 13.4. The third-order valence-electron chi connectivity index (χ3n) is 6.58. The number of aromatic hydroxyl groups is 1. The minimum absolute atomic E-state index is 0.0341. The molecule has 0 aliphatic heterocycles. The monoisotopic (exact) mass is 492 g/mol. The molecule has 4 nitrogen and oxygen atoms in total. The number of phenols is 1. The Bertz CT molecular complexity index is 1110. The van der Waals surface area contributed by atoms with Gasteiger partial charge in [-0.1, -0.05) is 71.2 Å². The van der Waals surface area contributed by atoms with Crippen molar-refractivity contribution in [3.05, 3.63) is 74.7 Å². The summed E-state index contributed by atoms with van der Waals surface area (Å²) in [7, 11) is 0. The number of carbonyl (C=O) groups excluding carboxylic acids is 1. The second-order valence-corrected chi connectivity index (χ2v) is 11.7. The van der Waals surface area contributed by atoms with Crippen LogP contribution in [0.25, 0.3) is 0 Å². The highest BCUT2D eigenvalue weighted by molar-refractivity contribution is 7.09. The Balaban J connectivity index is 1.84. The summed E-state index contributed by atoms with van der Waals surface area (Å²) in [4.78, 5) is 17.8. The largest absolute Gasteiger partial charge is 0.507 e. The van der Waals surface area contributed by atoms with E-state index in [4.69, 9.17) is 0 Å². The minimum atomic E-state index is -0.0893. The van der Waals surface area contributed by atoms with Crippen molar-refractivity contribution in [2.24, 2.45) is 0 Å². The van der Waals surface area contributed by atoms with Gasteiger partial charge in [0.25, 0.3) is 0 Å². The lowest BCUT2D eigenvalue weighted by atomic mass is 9.84. The van der Waals surface area contributed by atoms with Gasteiger partial charge in [0.05, 0.1) is 5.01 Å². The zero-order valence-electron chi connectivity index (χ0n) is 22.1. The van der Waals surface area contributed by atoms with Crippen LogP contribution in [0.15, 0.2) is 41.9 Å². The molecule has 5 heteroatoms. The van der Waals surface area contributed by atoms with Crippen LogP contribution in [0.3, 0.4) is 0 Å². The van der Waals surface area contributed by atoms with Crippen molar-refractivity contribution in [3.8, 4) is 5.75 Å². The van der Waals surface area contributed by atoms with E-state index in [-0.39, 0.29) is 17.2 Å². The van der Waals surface area contributed by atoms with Gasteiger partial charge in [-0.3, -0.25) is 4.79 Å². The van der Waals surface area contributed by atoms with E-state index in [9.17, 15) is 9.90 Å². The van der Waals surface area contributed by atoms with Gasteiger partial charge in [-0.15, -0.1) is 11.3 Å². The first-order valence-electron chi connectivity index (χ1n) is 12.7. The van der Waals surface area contributed by atoms with Crippen molar-refractivity contribution in [2.45, 2.75) is 91.4 Å². The number of nitrogens with zero attached hydrogens (tertiary/aromatic N) is 1. The maximum Gasteiger partial charge on any atom is 0.224 e. The van der Waals surface area contributed by atoms with Gasteiger partial charge in [-0.2, -0.15) is 0 Å². The number of carbonyl (C=O) groups is 1. The van der Waals surface area contributed by atoms with E-state index in [1.165, 1.54) is 0 Å². The van der Waals surface area contributed by atoms with Crippen LogP contribution in [0, 0.1) is 13.8 Å². The number of thiazole rings is 1. The van der Waals surface area contributed by atoms with Crippen LogP contribution in [0.4, 0.5) is 5.69 Å². The molecule has 2 aromatic carbocycles. The van der Waals surface area contributed by atoms with Crippen molar-refractivity contribution in [3.63, 3.8) is 0 Å². The lowest BCUT2D eigenvalue weighted by Crippen LogP contribution is -2.20. The van der Waals surface area contributed by atoms with E-state index in [1.807, 2.05) is 37.6 Å². The molecule has 0 aliphatic rings. The van der Waals surface area contributed by atoms with E-state index in [0.717, 1.165) is 70.6 Å². The van der Waals surface area contributed by atoms with Gasteiger partial charge in [0.2, 0.25) is 5.91 Å². The zero-order chi connectivity index (χ0) is 25.6. The van der Waals surface area contributed by atoms with Gasteiger partial charge < -0.3 is 10.4 Å². The first-order chi connectivity index (χ1) is 16.6. The Morgan fingerprint density at radius 3 is 2.43 bits per heavy atom. The lowest BCUT2D eigenvalue weighted by molar-refractivity contribution is -0.116. The van der Waals surface area contributed by atoms with Crippen LogP contribution in [0.2, 0.25) is 0 Å². The number of unbranched alkanes of at least 4 members (excludes halogenated alkanes) is 2. The molecule has 1 aromatic heterocycles. The fraction of sp³-hybridized carbons (Fsp3) is 0.467. The molecule has 188 valence electrons. The summed E-state index contributed by atoms with van der Waals surface area (Å²) in [6, 6.07) is 10.5. The average Bonchev–Trinajstić information content (AvgIpc) is 3.29. The molecule has 3 rings (SSSR count). The van der Waals surface area contributed by atoms with Crippen molar-refractivity contribution in [2.75, 3.05) is 5.32 Å². The quantitative estimate of drug-likeness (QED) is 0.281. The molecule has 2 N–H and O–H groups in total. The number of phenolic OH excluding ortho intramolecular Hbond substituents is 1. The standard InChI is InChI=1S/C30H40N2O2S/c1-7-8-9-10-23(24-15-20(2)29(34)21(3)16-24)19-27(33)32-26-17-22(18-28-31-13-14-35-28)11-12-25(26)30(4,5)6/h11-17,23,34H,7-10,18-19H2,1-6H3,(H,32,33). The van der Waals surface area contributed by atoms with E-state index >= 15 is 0 Å². The predicted molar refractivity (Wildman–Crippen MR) is 148 cm³/mol. The highest BCUT2D eigenvalue weighted by atomic mass is 32.1. The first kappa shape index (κ1) is 26.9. The number of amides is 1. The minimum Gasteiger partial charge on any atom is -0.507 e. The van der Waals surface area contributed by atoms with E-state index in [1.54, 1.807) is 11.3 Å². The molecule has 35 heavy (non-hydrogen) atoms. The Labute approximate surface area is 214 Å². The van der Waals surface area contributed by atoms with Gasteiger partial charge in [0, 0.05) is 30.1 Å². The van der Waals surface area contributed by atoms with Crippen LogP contribution in [-0.2, 0) is 16.6 Å². The van der Waals surface area contributed by atoms with E-state index in [0.29, 0.717) is 12.2 Å². The average molecular weight is 493 g/mol. The summed E-state index contributed by atoms with van der Waals surface area (Å²) in [6.07, 6.45) is 7.36. The summed E-state index contributed by atoms with van der Waals surface area (Å²) in [6.45, 7) is 12.6. The van der Waals surface area contributed by atoms with Crippen molar-refractivity contribution < 1.29 is 9.90 Å². The molecule has 1 unspecified atom stereocenters. The number of rotatable bonds is 10. The van der Waals surface area contributed by atoms with Crippen LogP contribution in [-0.4, -0.2) is 16.0 Å². The molecular weight excluding hydrogens is 452 g/mol. The Morgan fingerprint density at radius 2 is 1.83 bits per heavy atom. The lowest BCUT2D eigenvalue weighted by Gasteiger charge is -2.25. The van der Waals surface area contributed by atoms with Crippen molar-refractivity contribution >= 4 is 22.9 Å². The molecule has 3 aromatic rings. The smallest absolute Gasteiger partial charge is 0.224 e. The summed E-state index contributed by atoms with van der Waals surface area (Å²) < 4.78 is 0. The molecule has 0 bridgehead atoms. The molecule has 0 aliphatic carbocycles. The Kier molecular flexibility index (Phi) is 9.12. The fourth-order valence-electron chi connectivity index (χ4n) is 4.65. The van der Waals surface area contributed by atoms with Crippen molar-refractivity contribution in [1.82, 2.24) is 4.98 Å². The van der Waals surface area contributed by atoms with Crippen LogP contribution >= 0.6 is 11.3 Å². The van der Waals surface area contributed by atoms with Gasteiger partial charge in [0.1, 0.15) is 5.75 Å². The number of anilines is 1. The topological polar surface area (TPSA) is 62.2 Å². The molecule has 0 radical (unpaired) electrons. The van der Waals surface area contributed by atoms with Crippen molar-refractivity contribution in [1.29, 1.82) is 0 Å². The van der Waals surface area contributed by atoms with Crippen LogP contribution in [0.1, 0.15) is 98.5 Å². The number of benzene rings is 2. The highest BCUT2D eigenvalue weighted by Gasteiger charge is 2.22. The summed E-state index contributed by atoms with van der Waals surface area (Å²) >= 11 is 1.65. The van der Waals surface area contributed by atoms with E-state index in [2.05, 4.69) is 56.2 Å². The molecule has 0 fully saturated rings. The van der Waals surface area contributed by atoms with Gasteiger partial charge in [0.15, 0.2) is 0 Å². The normalized spacial score (nSPS) is 12.5. The van der Waals surface area contributed by atoms with Gasteiger partial charge >= 0.3 is 0 Å². The zero-order valence-corrected chi connectivity index (χ0v) is 22.9. The second-order valence-electron chi connectivity index (χ2n) is 10.7. The summed E-state index contributed by atoms with van der Waals surface area (Å²) in [5.41, 5.74) is 5.95. The third kappa shape index (κ3) is 7.41. The molecule has 0 spiro atoms. The molecule has 1 atom stereocenters. The molecule has 1 heterocycles. The second kappa shape index (κ2) is 11.9. The Hall–Kier alpha value is -2.66. The van der Waals surface area contributed by atoms with Gasteiger partial charge in [-0.05, 0) is 65.5 Å². The number of hydrogen-bond donors (Lipinski definition) is 2. The molecule has 1 amide bonds. The van der Waals surface area contributed by atoms with E-state index < -0.39 is 0 Å². The number of nitrogens with one attached hydrogen (secondary N) is 1. The highest BCUT2D eigenvalue weighted by Crippen LogP contribution is 2.34. The first-order valence-corrected chi connectivity index (χ1v) is 13.6. The molecule has 0 saturated carbocycles. The SMILES string of the molecule is CCCCCC(CC(=O)Nc1cc(Cc2nccs2)ccc1C(C)(C)C)c1cc(C)c(O)c(C)c1. The number of aryl methyl sites for hydroxylation is 2. The van der Waals surface area contributed by atoms with Gasteiger partial charge in [-0.25, -0.2) is 4.98 Å². The van der Waals surface area contributed by atoms with Crippen LogP contribution in [0.5, 0.6) is 5.75 Å². The number of aromatic nitrogens is 1. The molecular formula is C30H40N2O2S. The Morgan fingerprint density at radius 1 is 1.11 bits per heavy atom. The summed E-state index contributed by atoms with van der Waals surface area (Å²) in [5, 5.41) is 16.6.